The van der Waals surface area contributed by atoms with Crippen LogP contribution in [0.2, 0.25) is 0 Å². The van der Waals surface area contributed by atoms with Crippen molar-refractivity contribution in [3.63, 3.8) is 0 Å². The largest absolute Gasteiger partial charge is 0.481 e. The molecule has 2 aliphatic carbocycles. The molecule has 6 atom stereocenters. The third-order valence-electron chi connectivity index (χ3n) is 5.80. The van der Waals surface area contributed by atoms with E-state index in [0.29, 0.717) is 11.8 Å². The highest BCUT2D eigenvalue weighted by atomic mass is 16.4. The molecule has 0 aromatic rings. The zero-order valence-corrected chi connectivity index (χ0v) is 12.4. The van der Waals surface area contributed by atoms with Crippen molar-refractivity contribution in [3.8, 4) is 0 Å². The van der Waals surface area contributed by atoms with Crippen LogP contribution in [0.25, 0.3) is 0 Å². The molecule has 0 saturated heterocycles. The van der Waals surface area contributed by atoms with E-state index in [2.05, 4.69) is 13.8 Å². The SMILES string of the molecule is CCC1CC(C(=O)O)C2C(CC)CCC(C(=O)O)C2C1. The van der Waals surface area contributed by atoms with E-state index < -0.39 is 11.9 Å². The number of fused-ring (bicyclic) bond motifs is 1. The van der Waals surface area contributed by atoms with Crippen LogP contribution in [-0.2, 0) is 9.59 Å². The molecule has 4 nitrogen and oxygen atoms in total. The fourth-order valence-electron chi connectivity index (χ4n) is 4.75. The number of carboxylic acids is 2. The number of hydrogen-bond donors (Lipinski definition) is 2. The maximum atomic E-state index is 11.7. The summed E-state index contributed by atoms with van der Waals surface area (Å²) in [6.07, 6.45) is 5.14. The predicted octanol–water partition coefficient (Wildman–Crippen LogP) is 3.26. The highest BCUT2D eigenvalue weighted by molar-refractivity contribution is 5.73. The lowest BCUT2D eigenvalue weighted by atomic mass is 9.54. The lowest BCUT2D eigenvalue weighted by Crippen LogP contribution is -2.48. The Bertz CT molecular complexity index is 379. The third kappa shape index (κ3) is 2.70. The van der Waals surface area contributed by atoms with Gasteiger partial charge in [-0.1, -0.05) is 26.7 Å². The second-order valence-electron chi connectivity index (χ2n) is 6.62. The fraction of sp³-hybridized carbons (Fsp3) is 0.875. The van der Waals surface area contributed by atoms with Crippen molar-refractivity contribution in [1.82, 2.24) is 0 Å². The molecule has 2 aliphatic rings. The van der Waals surface area contributed by atoms with Gasteiger partial charge in [-0.05, 0) is 49.4 Å². The Balaban J connectivity index is 2.32. The van der Waals surface area contributed by atoms with Crippen molar-refractivity contribution >= 4 is 11.9 Å². The molecule has 4 heteroatoms. The first-order chi connectivity index (χ1) is 9.49. The molecule has 2 saturated carbocycles. The van der Waals surface area contributed by atoms with Crippen molar-refractivity contribution in [2.75, 3.05) is 0 Å². The lowest BCUT2D eigenvalue weighted by Gasteiger charge is -2.49. The molecule has 114 valence electrons. The average Bonchev–Trinajstić information content (AvgIpc) is 2.44. The molecule has 0 spiro atoms. The minimum Gasteiger partial charge on any atom is -0.481 e. The van der Waals surface area contributed by atoms with E-state index in [1.165, 1.54) is 0 Å². The maximum absolute atomic E-state index is 11.7. The van der Waals surface area contributed by atoms with E-state index in [4.69, 9.17) is 0 Å². The van der Waals surface area contributed by atoms with Gasteiger partial charge >= 0.3 is 11.9 Å². The molecule has 0 amide bonds. The topological polar surface area (TPSA) is 74.6 Å². The summed E-state index contributed by atoms with van der Waals surface area (Å²) in [4.78, 5) is 23.2. The molecule has 6 unspecified atom stereocenters. The Labute approximate surface area is 120 Å². The van der Waals surface area contributed by atoms with Gasteiger partial charge in [-0.15, -0.1) is 0 Å². The number of hydrogen-bond acceptors (Lipinski definition) is 2. The summed E-state index contributed by atoms with van der Waals surface area (Å²) in [5, 5.41) is 19.1. The number of aliphatic carboxylic acids is 2. The standard InChI is InChI=1S/C16H26O4/c1-3-9-7-12-11(15(17)18)6-5-10(4-2)14(12)13(8-9)16(19)20/h9-14H,3-8H2,1-2H3,(H,17,18)(H,19,20). The molecule has 2 rings (SSSR count). The smallest absolute Gasteiger partial charge is 0.306 e. The van der Waals surface area contributed by atoms with Crippen molar-refractivity contribution in [1.29, 1.82) is 0 Å². The maximum Gasteiger partial charge on any atom is 0.306 e. The van der Waals surface area contributed by atoms with Crippen molar-refractivity contribution < 1.29 is 19.8 Å². The van der Waals surface area contributed by atoms with Gasteiger partial charge in [0, 0.05) is 0 Å². The minimum atomic E-state index is -0.726. The van der Waals surface area contributed by atoms with E-state index in [-0.39, 0.29) is 23.7 Å². The van der Waals surface area contributed by atoms with Crippen LogP contribution in [0.4, 0.5) is 0 Å². The molecule has 0 aromatic heterocycles. The highest BCUT2D eigenvalue weighted by Crippen LogP contribution is 2.52. The summed E-state index contributed by atoms with van der Waals surface area (Å²) in [7, 11) is 0. The summed E-state index contributed by atoms with van der Waals surface area (Å²) >= 11 is 0. The molecule has 0 bridgehead atoms. The Hall–Kier alpha value is -1.06. The Morgan fingerprint density at radius 1 is 0.950 bits per heavy atom. The van der Waals surface area contributed by atoms with Gasteiger partial charge in [0.25, 0.3) is 0 Å². The fourth-order valence-corrected chi connectivity index (χ4v) is 4.75. The van der Waals surface area contributed by atoms with Gasteiger partial charge < -0.3 is 10.2 Å². The van der Waals surface area contributed by atoms with Crippen LogP contribution in [-0.4, -0.2) is 22.2 Å². The van der Waals surface area contributed by atoms with Crippen LogP contribution < -0.4 is 0 Å². The van der Waals surface area contributed by atoms with Gasteiger partial charge in [0.15, 0.2) is 0 Å². The van der Waals surface area contributed by atoms with E-state index in [9.17, 15) is 19.8 Å². The average molecular weight is 282 g/mol. The highest BCUT2D eigenvalue weighted by Gasteiger charge is 2.50. The van der Waals surface area contributed by atoms with Gasteiger partial charge in [0.05, 0.1) is 11.8 Å². The van der Waals surface area contributed by atoms with Crippen LogP contribution in [0.5, 0.6) is 0 Å². The van der Waals surface area contributed by atoms with Crippen molar-refractivity contribution in [3.05, 3.63) is 0 Å². The van der Waals surface area contributed by atoms with Gasteiger partial charge in [-0.3, -0.25) is 9.59 Å². The van der Waals surface area contributed by atoms with E-state index >= 15 is 0 Å². The summed E-state index contributed by atoms with van der Waals surface area (Å²) in [6, 6.07) is 0. The van der Waals surface area contributed by atoms with Crippen LogP contribution in [0.1, 0.15) is 52.4 Å². The molecule has 0 radical (unpaired) electrons. The summed E-state index contributed by atoms with van der Waals surface area (Å²) in [6.45, 7) is 4.19. The zero-order chi connectivity index (χ0) is 14.9. The van der Waals surface area contributed by atoms with Crippen LogP contribution in [0.3, 0.4) is 0 Å². The van der Waals surface area contributed by atoms with Crippen LogP contribution in [0.15, 0.2) is 0 Å². The normalized spacial score (nSPS) is 40.9. The van der Waals surface area contributed by atoms with E-state index in [1.807, 2.05) is 0 Å². The molecule has 0 aliphatic heterocycles. The number of rotatable bonds is 4. The number of carboxylic acid groups (broad SMARTS) is 2. The molecule has 2 fully saturated rings. The first-order valence-electron chi connectivity index (χ1n) is 7.95. The summed E-state index contributed by atoms with van der Waals surface area (Å²) in [5.74, 6) is -1.24. The zero-order valence-electron chi connectivity index (χ0n) is 12.4. The van der Waals surface area contributed by atoms with Crippen molar-refractivity contribution in [2.24, 2.45) is 35.5 Å². The summed E-state index contributed by atoms with van der Waals surface area (Å²) in [5.41, 5.74) is 0. The van der Waals surface area contributed by atoms with Crippen molar-refractivity contribution in [2.45, 2.75) is 52.4 Å². The first-order valence-corrected chi connectivity index (χ1v) is 7.95. The van der Waals surface area contributed by atoms with Gasteiger partial charge in [0.2, 0.25) is 0 Å². The quantitative estimate of drug-likeness (QED) is 0.830. The second kappa shape index (κ2) is 6.15. The molecule has 0 heterocycles. The molecular weight excluding hydrogens is 256 g/mol. The minimum absolute atomic E-state index is 0.0611. The monoisotopic (exact) mass is 282 g/mol. The molecular formula is C16H26O4. The van der Waals surface area contributed by atoms with Crippen LogP contribution in [0, 0.1) is 35.5 Å². The Morgan fingerprint density at radius 3 is 2.10 bits per heavy atom. The number of carbonyl (C=O) groups is 2. The Kier molecular flexibility index (Phi) is 4.71. The molecule has 0 aromatic carbocycles. The molecule has 20 heavy (non-hydrogen) atoms. The molecule has 2 N–H and O–H groups in total. The predicted molar refractivity (Wildman–Crippen MR) is 75.3 cm³/mol. The lowest BCUT2D eigenvalue weighted by molar-refractivity contribution is -0.159. The van der Waals surface area contributed by atoms with Gasteiger partial charge in [-0.2, -0.15) is 0 Å². The van der Waals surface area contributed by atoms with Gasteiger partial charge in [-0.25, -0.2) is 0 Å². The van der Waals surface area contributed by atoms with E-state index in [0.717, 1.165) is 38.5 Å². The summed E-state index contributed by atoms with van der Waals surface area (Å²) < 4.78 is 0. The van der Waals surface area contributed by atoms with Gasteiger partial charge in [0.1, 0.15) is 0 Å². The Morgan fingerprint density at radius 2 is 1.60 bits per heavy atom. The first kappa shape index (κ1) is 15.3. The second-order valence-corrected chi connectivity index (χ2v) is 6.62. The third-order valence-corrected chi connectivity index (χ3v) is 5.80. The van der Waals surface area contributed by atoms with Crippen LogP contribution >= 0.6 is 0 Å². The van der Waals surface area contributed by atoms with E-state index in [1.54, 1.807) is 0 Å².